The average Bonchev–Trinajstić information content (AvgIpc) is 2.30. The van der Waals surface area contributed by atoms with Gasteiger partial charge in [-0.25, -0.2) is 0 Å². The van der Waals surface area contributed by atoms with Crippen LogP contribution < -0.4 is 10.5 Å². The van der Waals surface area contributed by atoms with Gasteiger partial charge in [0.25, 0.3) is 0 Å². The molecular weight excluding hydrogens is 258 g/mol. The van der Waals surface area contributed by atoms with Crippen molar-refractivity contribution in [2.24, 2.45) is 5.73 Å². The second kappa shape index (κ2) is 7.48. The summed E-state index contributed by atoms with van der Waals surface area (Å²) in [5, 5.41) is 9.13. The van der Waals surface area contributed by atoms with Crippen LogP contribution in [0.2, 0.25) is 5.02 Å². The maximum atomic E-state index is 8.62. The fourth-order valence-corrected chi connectivity index (χ4v) is 1.71. The maximum Gasteiger partial charge on any atom is 0.137 e. The van der Waals surface area contributed by atoms with Crippen molar-refractivity contribution >= 4 is 28.8 Å². The van der Waals surface area contributed by atoms with Crippen LogP contribution in [-0.2, 0) is 0 Å². The van der Waals surface area contributed by atoms with Crippen molar-refractivity contribution in [2.45, 2.75) is 19.3 Å². The van der Waals surface area contributed by atoms with Gasteiger partial charge in [-0.15, -0.1) is 0 Å². The van der Waals surface area contributed by atoms with Crippen LogP contribution in [0.4, 0.5) is 0 Å². The summed E-state index contributed by atoms with van der Waals surface area (Å²) in [7, 11) is 0. The first-order chi connectivity index (χ1) is 8.15. The van der Waals surface area contributed by atoms with E-state index in [0.29, 0.717) is 22.4 Å². The molecule has 1 aromatic rings. The summed E-state index contributed by atoms with van der Waals surface area (Å²) in [6.07, 6.45) is 2.64. The summed E-state index contributed by atoms with van der Waals surface area (Å²) >= 11 is 10.9. The summed E-state index contributed by atoms with van der Waals surface area (Å²) < 4.78 is 5.52. The van der Waals surface area contributed by atoms with Crippen molar-refractivity contribution in [1.29, 1.82) is 0 Å². The topological polar surface area (TPSA) is 55.5 Å². The largest absolute Gasteiger partial charge is 0.492 e. The number of thiocarbonyl (C=S) groups is 1. The quantitative estimate of drug-likeness (QED) is 0.592. The molecule has 0 atom stereocenters. The third kappa shape index (κ3) is 4.89. The number of nitrogens with two attached hydrogens (primary N) is 1. The van der Waals surface area contributed by atoms with Crippen LogP contribution in [0.5, 0.6) is 5.75 Å². The first kappa shape index (κ1) is 14.2. The van der Waals surface area contributed by atoms with Gasteiger partial charge in [-0.05, 0) is 37.5 Å². The first-order valence-corrected chi connectivity index (χ1v) is 6.27. The van der Waals surface area contributed by atoms with E-state index in [1.807, 2.05) is 0 Å². The van der Waals surface area contributed by atoms with Gasteiger partial charge in [0.2, 0.25) is 0 Å². The molecule has 0 aliphatic carbocycles. The van der Waals surface area contributed by atoms with Crippen LogP contribution in [0.25, 0.3) is 0 Å². The van der Waals surface area contributed by atoms with Gasteiger partial charge in [-0.2, -0.15) is 0 Å². The molecule has 94 valence electrons. The third-order valence-corrected chi connectivity index (χ3v) is 2.81. The number of aliphatic hydroxyl groups excluding tert-OH is 1. The lowest BCUT2D eigenvalue weighted by atomic mass is 10.2. The number of benzene rings is 1. The Bertz CT molecular complexity index is 385. The molecule has 3 nitrogen and oxygen atoms in total. The fourth-order valence-electron chi connectivity index (χ4n) is 1.34. The molecule has 3 N–H and O–H groups in total. The fraction of sp³-hybridized carbons (Fsp3) is 0.417. The minimum atomic E-state index is 0.226. The van der Waals surface area contributed by atoms with Gasteiger partial charge in [-0.3, -0.25) is 0 Å². The van der Waals surface area contributed by atoms with E-state index in [1.165, 1.54) is 0 Å². The maximum absolute atomic E-state index is 8.62. The van der Waals surface area contributed by atoms with E-state index in [-0.39, 0.29) is 6.61 Å². The monoisotopic (exact) mass is 273 g/mol. The molecule has 0 saturated heterocycles. The number of rotatable bonds is 7. The molecule has 5 heteroatoms. The molecule has 0 amide bonds. The van der Waals surface area contributed by atoms with Crippen molar-refractivity contribution in [2.75, 3.05) is 13.2 Å². The highest BCUT2D eigenvalue weighted by atomic mass is 35.5. The van der Waals surface area contributed by atoms with Gasteiger partial charge in [0, 0.05) is 12.2 Å². The van der Waals surface area contributed by atoms with E-state index >= 15 is 0 Å². The predicted octanol–water partition coefficient (Wildman–Crippen LogP) is 2.52. The molecule has 1 rings (SSSR count). The number of unbranched alkanes of at least 4 members (excludes halogenated alkanes) is 2. The Morgan fingerprint density at radius 3 is 2.71 bits per heavy atom. The Kier molecular flexibility index (Phi) is 6.26. The van der Waals surface area contributed by atoms with Crippen LogP contribution in [0.3, 0.4) is 0 Å². The molecule has 17 heavy (non-hydrogen) atoms. The zero-order valence-electron chi connectivity index (χ0n) is 9.49. The molecule has 0 heterocycles. The first-order valence-electron chi connectivity index (χ1n) is 5.48. The lowest BCUT2D eigenvalue weighted by Crippen LogP contribution is -2.09. The number of ether oxygens (including phenoxy) is 1. The molecule has 0 aromatic heterocycles. The standard InChI is InChI=1S/C12H16ClNO2S/c13-10-8-9(12(14)17)4-5-11(10)16-7-3-1-2-6-15/h4-5,8,15H,1-3,6-7H2,(H2,14,17). The van der Waals surface area contributed by atoms with Gasteiger partial charge in [-0.1, -0.05) is 23.8 Å². The smallest absolute Gasteiger partial charge is 0.137 e. The van der Waals surface area contributed by atoms with Crippen LogP contribution in [0.15, 0.2) is 18.2 Å². The van der Waals surface area contributed by atoms with Crippen LogP contribution in [0, 0.1) is 0 Å². The average molecular weight is 274 g/mol. The Labute approximate surface area is 112 Å². The summed E-state index contributed by atoms with van der Waals surface area (Å²) in [5.41, 5.74) is 6.23. The number of hydrogen-bond acceptors (Lipinski definition) is 3. The minimum Gasteiger partial charge on any atom is -0.492 e. The highest BCUT2D eigenvalue weighted by molar-refractivity contribution is 7.80. The molecular formula is C12H16ClNO2S. The molecule has 0 radical (unpaired) electrons. The van der Waals surface area contributed by atoms with E-state index in [9.17, 15) is 0 Å². The lowest BCUT2D eigenvalue weighted by molar-refractivity contribution is 0.266. The summed E-state index contributed by atoms with van der Waals surface area (Å²) in [4.78, 5) is 0.321. The number of halogens is 1. The molecule has 0 spiro atoms. The minimum absolute atomic E-state index is 0.226. The molecule has 0 saturated carbocycles. The van der Waals surface area contributed by atoms with Gasteiger partial charge < -0.3 is 15.6 Å². The van der Waals surface area contributed by atoms with E-state index in [4.69, 9.17) is 39.4 Å². The van der Waals surface area contributed by atoms with Crippen LogP contribution in [0.1, 0.15) is 24.8 Å². The van der Waals surface area contributed by atoms with Crippen molar-refractivity contribution in [1.82, 2.24) is 0 Å². The second-order valence-corrected chi connectivity index (χ2v) is 4.49. The molecule has 0 aliphatic heterocycles. The van der Waals surface area contributed by atoms with Gasteiger partial charge in [0.05, 0.1) is 11.6 Å². The molecule has 1 aromatic carbocycles. The number of hydrogen-bond donors (Lipinski definition) is 2. The highest BCUT2D eigenvalue weighted by Crippen LogP contribution is 2.25. The van der Waals surface area contributed by atoms with E-state index in [2.05, 4.69) is 0 Å². The van der Waals surface area contributed by atoms with Gasteiger partial charge in [0.15, 0.2) is 0 Å². The molecule has 0 fully saturated rings. The third-order valence-electron chi connectivity index (χ3n) is 2.28. The van der Waals surface area contributed by atoms with Crippen LogP contribution in [-0.4, -0.2) is 23.3 Å². The summed E-state index contributed by atoms with van der Waals surface area (Å²) in [6.45, 7) is 0.815. The van der Waals surface area contributed by atoms with Crippen molar-refractivity contribution in [3.05, 3.63) is 28.8 Å². The van der Waals surface area contributed by atoms with E-state index in [1.54, 1.807) is 18.2 Å². The summed E-state index contributed by atoms with van der Waals surface area (Å²) in [6, 6.07) is 5.26. The van der Waals surface area contributed by atoms with E-state index in [0.717, 1.165) is 24.8 Å². The van der Waals surface area contributed by atoms with Crippen LogP contribution >= 0.6 is 23.8 Å². The summed E-state index contributed by atoms with van der Waals surface area (Å²) in [5.74, 6) is 0.635. The zero-order chi connectivity index (χ0) is 12.7. The molecule has 0 unspecified atom stereocenters. The molecule has 0 aliphatic rings. The Morgan fingerprint density at radius 2 is 2.12 bits per heavy atom. The van der Waals surface area contributed by atoms with Crippen molar-refractivity contribution < 1.29 is 9.84 Å². The number of aliphatic hydroxyl groups is 1. The van der Waals surface area contributed by atoms with Crippen molar-refractivity contribution in [3.8, 4) is 5.75 Å². The van der Waals surface area contributed by atoms with Gasteiger partial charge >= 0.3 is 0 Å². The van der Waals surface area contributed by atoms with Gasteiger partial charge in [0.1, 0.15) is 10.7 Å². The predicted molar refractivity (Wildman–Crippen MR) is 73.8 cm³/mol. The SMILES string of the molecule is NC(=S)c1ccc(OCCCCCO)c(Cl)c1. The zero-order valence-corrected chi connectivity index (χ0v) is 11.1. The Morgan fingerprint density at radius 1 is 1.35 bits per heavy atom. The molecule has 0 bridgehead atoms. The van der Waals surface area contributed by atoms with E-state index < -0.39 is 0 Å². The normalized spacial score (nSPS) is 10.2. The highest BCUT2D eigenvalue weighted by Gasteiger charge is 2.04. The lowest BCUT2D eigenvalue weighted by Gasteiger charge is -2.08. The Hall–Kier alpha value is -0.840. The van der Waals surface area contributed by atoms with Crippen molar-refractivity contribution in [3.63, 3.8) is 0 Å². The Balaban J connectivity index is 2.46. The second-order valence-electron chi connectivity index (χ2n) is 3.64.